The molecule has 0 radical (unpaired) electrons. The lowest BCUT2D eigenvalue weighted by Gasteiger charge is -2.16. The highest BCUT2D eigenvalue weighted by Crippen LogP contribution is 2.39. The van der Waals surface area contributed by atoms with Crippen LogP contribution in [0.5, 0.6) is 40.2 Å². The van der Waals surface area contributed by atoms with Crippen molar-refractivity contribution in [2.75, 3.05) is 7.11 Å². The summed E-state index contributed by atoms with van der Waals surface area (Å²) >= 11 is 0. The molecule has 0 spiro atoms. The molecule has 1 unspecified atom stereocenters. The number of aliphatic hydroxyl groups is 1. The van der Waals surface area contributed by atoms with Gasteiger partial charge in [0, 0.05) is 6.42 Å². The first-order valence-corrected chi connectivity index (χ1v) is 11.5. The van der Waals surface area contributed by atoms with E-state index in [9.17, 15) is 25.5 Å². The predicted octanol–water partition coefficient (Wildman–Crippen LogP) is 5.37. The Bertz CT molecular complexity index is 1330. The molecule has 1 atom stereocenters. The van der Waals surface area contributed by atoms with Gasteiger partial charge in [0.2, 0.25) is 5.75 Å². The monoisotopic (exact) mass is 488 g/mol. The van der Waals surface area contributed by atoms with E-state index in [0.717, 1.165) is 16.7 Å². The quantitative estimate of drug-likeness (QED) is 0.201. The molecule has 0 saturated heterocycles. The van der Waals surface area contributed by atoms with Crippen molar-refractivity contribution >= 4 is 0 Å². The molecule has 0 bridgehead atoms. The smallest absolute Gasteiger partial charge is 0.200 e. The van der Waals surface area contributed by atoms with Gasteiger partial charge in [-0.05, 0) is 77.6 Å². The second-order valence-corrected chi connectivity index (χ2v) is 8.49. The maximum absolute atomic E-state index is 10.7. The summed E-state index contributed by atoms with van der Waals surface area (Å²) in [5.41, 5.74) is 3.05. The summed E-state index contributed by atoms with van der Waals surface area (Å²) in [4.78, 5) is 0. The van der Waals surface area contributed by atoms with E-state index in [1.54, 1.807) is 42.5 Å². The molecule has 0 fully saturated rings. The number of phenols is 4. The second-order valence-electron chi connectivity index (χ2n) is 8.49. The van der Waals surface area contributed by atoms with Crippen molar-refractivity contribution < 1.29 is 35.0 Å². The lowest BCUT2D eigenvalue weighted by molar-refractivity contribution is 0.177. The average molecular weight is 489 g/mol. The number of phenolic OH excluding ortho intramolecular Hbond substituents is 4. The van der Waals surface area contributed by atoms with Crippen molar-refractivity contribution in [3.8, 4) is 40.2 Å². The standard InChI is InChI=1S/C29H28O7/c1-35-27-17-21(16-26(33)28(27)34)25(32)15-19-4-2-6-23(14-19)36-29-20(5-3-7-24(29)31)11-8-18-9-12-22(30)13-10-18/h2-7,9-10,12-14,16-17,25,30-34H,8,11,15H2,1H3. The van der Waals surface area contributed by atoms with Crippen LogP contribution < -0.4 is 9.47 Å². The van der Waals surface area contributed by atoms with Crippen LogP contribution in [0.25, 0.3) is 0 Å². The summed E-state index contributed by atoms with van der Waals surface area (Å²) in [5.74, 6) is 0.412. The fraction of sp³-hybridized carbons (Fsp3) is 0.172. The maximum Gasteiger partial charge on any atom is 0.200 e. The van der Waals surface area contributed by atoms with Gasteiger partial charge in [0.25, 0.3) is 0 Å². The van der Waals surface area contributed by atoms with Gasteiger partial charge in [0.15, 0.2) is 23.0 Å². The van der Waals surface area contributed by atoms with Crippen LogP contribution in [0.1, 0.15) is 28.4 Å². The minimum absolute atomic E-state index is 0.0234. The van der Waals surface area contributed by atoms with Crippen LogP contribution in [0.4, 0.5) is 0 Å². The molecule has 4 aromatic carbocycles. The number of hydrogen-bond acceptors (Lipinski definition) is 7. The molecule has 4 aromatic rings. The number of hydrogen-bond donors (Lipinski definition) is 5. The highest BCUT2D eigenvalue weighted by molar-refractivity contribution is 5.53. The molecule has 0 aliphatic heterocycles. The maximum atomic E-state index is 10.7. The van der Waals surface area contributed by atoms with E-state index >= 15 is 0 Å². The first kappa shape index (κ1) is 24.8. The van der Waals surface area contributed by atoms with Crippen molar-refractivity contribution in [1.82, 2.24) is 0 Å². The van der Waals surface area contributed by atoms with Gasteiger partial charge in [0.05, 0.1) is 13.2 Å². The summed E-state index contributed by atoms with van der Waals surface area (Å²) in [7, 11) is 1.36. The summed E-state index contributed by atoms with van der Waals surface area (Å²) in [6.07, 6.45) is 0.583. The molecule has 4 rings (SSSR count). The van der Waals surface area contributed by atoms with Gasteiger partial charge < -0.3 is 35.0 Å². The zero-order valence-electron chi connectivity index (χ0n) is 19.8. The molecule has 0 amide bonds. The number of benzene rings is 4. The third-order valence-electron chi connectivity index (χ3n) is 5.92. The van der Waals surface area contributed by atoms with Crippen LogP contribution in [0.2, 0.25) is 0 Å². The minimum Gasteiger partial charge on any atom is -0.508 e. The molecule has 7 heteroatoms. The van der Waals surface area contributed by atoms with Crippen LogP contribution in [-0.4, -0.2) is 32.6 Å². The number of methoxy groups -OCH3 is 1. The highest BCUT2D eigenvalue weighted by Gasteiger charge is 2.17. The summed E-state index contributed by atoms with van der Waals surface area (Å²) in [5, 5.41) is 50.4. The fourth-order valence-electron chi connectivity index (χ4n) is 3.98. The van der Waals surface area contributed by atoms with Gasteiger partial charge in [-0.3, -0.25) is 0 Å². The molecule has 0 aromatic heterocycles. The number of aromatic hydroxyl groups is 4. The summed E-state index contributed by atoms with van der Waals surface area (Å²) in [6.45, 7) is 0. The average Bonchev–Trinajstić information content (AvgIpc) is 2.87. The molecular formula is C29H28O7. The van der Waals surface area contributed by atoms with Crippen molar-refractivity contribution in [3.05, 3.63) is 101 Å². The summed E-state index contributed by atoms with van der Waals surface area (Å²) < 4.78 is 11.1. The number of ether oxygens (including phenoxy) is 2. The Labute approximate surface area is 209 Å². The summed E-state index contributed by atoms with van der Waals surface area (Å²) in [6, 6.07) is 22.2. The van der Waals surface area contributed by atoms with Crippen molar-refractivity contribution in [2.45, 2.75) is 25.4 Å². The largest absolute Gasteiger partial charge is 0.508 e. The lowest BCUT2D eigenvalue weighted by Crippen LogP contribution is -2.03. The second kappa shape index (κ2) is 10.9. The van der Waals surface area contributed by atoms with E-state index in [4.69, 9.17) is 9.47 Å². The number of aryl methyl sites for hydroxylation is 2. The van der Waals surface area contributed by atoms with Crippen LogP contribution in [0.15, 0.2) is 78.9 Å². The Morgan fingerprint density at radius 3 is 2.25 bits per heavy atom. The Morgan fingerprint density at radius 1 is 0.750 bits per heavy atom. The number of rotatable bonds is 9. The third kappa shape index (κ3) is 5.82. The number of aliphatic hydroxyl groups excluding tert-OH is 1. The first-order valence-electron chi connectivity index (χ1n) is 11.5. The molecular weight excluding hydrogens is 460 g/mol. The third-order valence-corrected chi connectivity index (χ3v) is 5.92. The van der Waals surface area contributed by atoms with E-state index in [1.807, 2.05) is 24.3 Å². The molecule has 186 valence electrons. The molecule has 0 heterocycles. The van der Waals surface area contributed by atoms with Gasteiger partial charge in [-0.25, -0.2) is 0 Å². The Kier molecular flexibility index (Phi) is 7.51. The Balaban J connectivity index is 1.50. The van der Waals surface area contributed by atoms with E-state index in [1.165, 1.54) is 19.2 Å². The topological polar surface area (TPSA) is 120 Å². The van der Waals surface area contributed by atoms with Crippen LogP contribution in [0.3, 0.4) is 0 Å². The van der Waals surface area contributed by atoms with Crippen molar-refractivity contribution in [3.63, 3.8) is 0 Å². The predicted molar refractivity (Wildman–Crippen MR) is 135 cm³/mol. The van der Waals surface area contributed by atoms with E-state index < -0.39 is 6.10 Å². The van der Waals surface area contributed by atoms with Crippen LogP contribution >= 0.6 is 0 Å². The highest BCUT2D eigenvalue weighted by atomic mass is 16.5. The van der Waals surface area contributed by atoms with Crippen LogP contribution in [-0.2, 0) is 19.3 Å². The van der Waals surface area contributed by atoms with Gasteiger partial charge in [-0.2, -0.15) is 0 Å². The van der Waals surface area contributed by atoms with Gasteiger partial charge in [-0.1, -0.05) is 36.4 Å². The first-order chi connectivity index (χ1) is 17.3. The van der Waals surface area contributed by atoms with E-state index in [0.29, 0.717) is 29.9 Å². The molecule has 5 N–H and O–H groups in total. The molecule has 0 aliphatic rings. The van der Waals surface area contributed by atoms with E-state index in [2.05, 4.69) is 0 Å². The van der Waals surface area contributed by atoms with E-state index in [-0.39, 0.29) is 35.2 Å². The minimum atomic E-state index is -0.966. The lowest BCUT2D eigenvalue weighted by atomic mass is 10.0. The van der Waals surface area contributed by atoms with Crippen LogP contribution in [0, 0.1) is 0 Å². The van der Waals surface area contributed by atoms with Crippen molar-refractivity contribution in [2.24, 2.45) is 0 Å². The zero-order valence-corrected chi connectivity index (χ0v) is 19.8. The normalized spacial score (nSPS) is 11.7. The van der Waals surface area contributed by atoms with Gasteiger partial charge in [0.1, 0.15) is 11.5 Å². The molecule has 0 aliphatic carbocycles. The fourth-order valence-corrected chi connectivity index (χ4v) is 3.98. The zero-order chi connectivity index (χ0) is 25.7. The molecule has 7 nitrogen and oxygen atoms in total. The molecule has 0 saturated carbocycles. The molecule has 36 heavy (non-hydrogen) atoms. The Morgan fingerprint density at radius 2 is 1.50 bits per heavy atom. The van der Waals surface area contributed by atoms with Crippen molar-refractivity contribution in [1.29, 1.82) is 0 Å². The van der Waals surface area contributed by atoms with Gasteiger partial charge in [-0.15, -0.1) is 0 Å². The number of para-hydroxylation sites is 1. The van der Waals surface area contributed by atoms with Gasteiger partial charge >= 0.3 is 0 Å². The SMILES string of the molecule is COc1cc(C(O)Cc2cccc(Oc3c(O)cccc3CCc3ccc(O)cc3)c2)cc(O)c1O. The Hall–Kier alpha value is -4.36.